The van der Waals surface area contributed by atoms with Gasteiger partial charge in [0.25, 0.3) is 0 Å². The molecule has 1 fully saturated rings. The third kappa shape index (κ3) is 4.97. The average Bonchev–Trinajstić information content (AvgIpc) is 2.26. The first kappa shape index (κ1) is 16.2. The van der Waals surface area contributed by atoms with E-state index < -0.39 is 29.5 Å². The van der Waals surface area contributed by atoms with Crippen LogP contribution in [0.1, 0.15) is 59.8 Å². The van der Waals surface area contributed by atoms with Crippen LogP contribution >= 0.6 is 0 Å². The molecule has 0 aromatic carbocycles. The minimum atomic E-state index is -1.59. The molecule has 112 valence electrons. The second-order valence-electron chi connectivity index (χ2n) is 6.48. The maximum absolute atomic E-state index is 14.6. The van der Waals surface area contributed by atoms with E-state index >= 15 is 0 Å². The third-order valence-electron chi connectivity index (χ3n) is 3.43. The summed E-state index contributed by atoms with van der Waals surface area (Å²) >= 11 is 0. The van der Waals surface area contributed by atoms with E-state index in [-0.39, 0.29) is 0 Å². The van der Waals surface area contributed by atoms with E-state index in [0.29, 0.717) is 12.8 Å². The highest BCUT2D eigenvalue weighted by molar-refractivity contribution is 5.68. The van der Waals surface area contributed by atoms with E-state index in [2.05, 4.69) is 5.32 Å². The molecule has 1 saturated carbocycles. The van der Waals surface area contributed by atoms with Crippen LogP contribution < -0.4 is 5.32 Å². The fraction of sp³-hybridized carbons (Fsp3) is 0.929. The molecule has 19 heavy (non-hydrogen) atoms. The number of aliphatic hydroxyl groups is 1. The first-order chi connectivity index (χ1) is 8.64. The fourth-order valence-electron chi connectivity index (χ4n) is 2.46. The highest BCUT2D eigenvalue weighted by atomic mass is 19.1. The molecule has 0 bridgehead atoms. The molecule has 0 spiro atoms. The number of carbonyl (C=O) groups excluding carboxylic acids is 1. The molecule has 5 heteroatoms. The van der Waals surface area contributed by atoms with Gasteiger partial charge in [0.2, 0.25) is 0 Å². The van der Waals surface area contributed by atoms with E-state index in [1.165, 1.54) is 0 Å². The lowest BCUT2D eigenvalue weighted by atomic mass is 9.80. The number of hydrogen-bond acceptors (Lipinski definition) is 3. The summed E-state index contributed by atoms with van der Waals surface area (Å²) in [6, 6.07) is -0.669. The molecule has 2 atom stereocenters. The van der Waals surface area contributed by atoms with Gasteiger partial charge in [0.1, 0.15) is 17.4 Å². The summed E-state index contributed by atoms with van der Waals surface area (Å²) in [6.45, 7) is 6.87. The van der Waals surface area contributed by atoms with Crippen LogP contribution in [0.2, 0.25) is 0 Å². The Hall–Kier alpha value is -0.840. The smallest absolute Gasteiger partial charge is 0.407 e. The normalized spacial score (nSPS) is 22.4. The van der Waals surface area contributed by atoms with Crippen LogP contribution in [0.25, 0.3) is 0 Å². The number of hydrogen-bond donors (Lipinski definition) is 2. The number of amides is 1. The Morgan fingerprint density at radius 1 is 1.32 bits per heavy atom. The van der Waals surface area contributed by atoms with Gasteiger partial charge in [0.15, 0.2) is 0 Å². The molecule has 0 saturated heterocycles. The van der Waals surface area contributed by atoms with Crippen molar-refractivity contribution >= 4 is 6.09 Å². The molecule has 0 aromatic heterocycles. The minimum Gasteiger partial charge on any atom is -0.444 e. The van der Waals surface area contributed by atoms with Gasteiger partial charge in [0, 0.05) is 0 Å². The van der Waals surface area contributed by atoms with Crippen molar-refractivity contribution in [2.75, 3.05) is 0 Å². The molecule has 0 radical (unpaired) electrons. The van der Waals surface area contributed by atoms with Crippen LogP contribution in [0, 0.1) is 0 Å². The van der Waals surface area contributed by atoms with Crippen LogP contribution in [-0.2, 0) is 4.74 Å². The van der Waals surface area contributed by atoms with Crippen molar-refractivity contribution in [1.82, 2.24) is 5.32 Å². The zero-order chi connectivity index (χ0) is 14.7. The van der Waals surface area contributed by atoms with Crippen LogP contribution in [0.3, 0.4) is 0 Å². The van der Waals surface area contributed by atoms with Crippen LogP contribution in [-0.4, -0.2) is 34.6 Å². The van der Waals surface area contributed by atoms with Gasteiger partial charge in [-0.3, -0.25) is 0 Å². The number of nitrogens with one attached hydrogen (secondary N) is 1. The first-order valence-corrected chi connectivity index (χ1v) is 7.00. The summed E-state index contributed by atoms with van der Waals surface area (Å²) in [5, 5.41) is 12.6. The maximum Gasteiger partial charge on any atom is 0.407 e. The van der Waals surface area contributed by atoms with Crippen molar-refractivity contribution in [1.29, 1.82) is 0 Å². The Labute approximate surface area is 114 Å². The zero-order valence-electron chi connectivity index (χ0n) is 12.3. The summed E-state index contributed by atoms with van der Waals surface area (Å²) in [4.78, 5) is 11.6. The largest absolute Gasteiger partial charge is 0.444 e. The zero-order valence-corrected chi connectivity index (χ0v) is 12.3. The summed E-state index contributed by atoms with van der Waals surface area (Å²) in [6.07, 6.45) is 1.47. The molecule has 4 nitrogen and oxygen atoms in total. The van der Waals surface area contributed by atoms with Gasteiger partial charge in [-0.1, -0.05) is 19.3 Å². The predicted molar refractivity (Wildman–Crippen MR) is 71.8 cm³/mol. The van der Waals surface area contributed by atoms with Crippen molar-refractivity contribution in [3.05, 3.63) is 0 Å². The van der Waals surface area contributed by atoms with Crippen LogP contribution in [0.15, 0.2) is 0 Å². The second-order valence-corrected chi connectivity index (χ2v) is 6.48. The monoisotopic (exact) mass is 275 g/mol. The SMILES string of the molecule is CC(NC(=O)OC(C)(C)C)C(O)C1(F)CCCCC1. The van der Waals surface area contributed by atoms with E-state index in [0.717, 1.165) is 19.3 Å². The molecule has 1 aliphatic rings. The van der Waals surface area contributed by atoms with Gasteiger partial charge in [-0.05, 0) is 40.5 Å². The second kappa shape index (κ2) is 6.07. The lowest BCUT2D eigenvalue weighted by Gasteiger charge is -2.37. The van der Waals surface area contributed by atoms with Gasteiger partial charge >= 0.3 is 6.09 Å². The van der Waals surface area contributed by atoms with Gasteiger partial charge < -0.3 is 15.2 Å². The number of carbonyl (C=O) groups is 1. The number of alkyl carbamates (subject to hydrolysis) is 1. The molecule has 2 N–H and O–H groups in total. The molecule has 0 aliphatic heterocycles. The molecule has 1 amide bonds. The van der Waals surface area contributed by atoms with E-state index in [1.807, 2.05) is 0 Å². The summed E-state index contributed by atoms with van der Waals surface area (Å²) in [5.41, 5.74) is -2.19. The molecular formula is C14H26FNO3. The van der Waals surface area contributed by atoms with Crippen molar-refractivity contribution in [3.63, 3.8) is 0 Å². The summed E-state index contributed by atoms with van der Waals surface area (Å²) < 4.78 is 19.7. The van der Waals surface area contributed by atoms with E-state index in [1.54, 1.807) is 27.7 Å². The van der Waals surface area contributed by atoms with Crippen molar-refractivity contribution in [2.45, 2.75) is 83.2 Å². The highest BCUT2D eigenvalue weighted by Crippen LogP contribution is 2.35. The summed E-state index contributed by atoms with van der Waals surface area (Å²) in [7, 11) is 0. The van der Waals surface area contributed by atoms with Gasteiger partial charge in [-0.2, -0.15) is 0 Å². The Balaban J connectivity index is 2.52. The Bertz CT molecular complexity index is 308. The third-order valence-corrected chi connectivity index (χ3v) is 3.43. The molecule has 0 heterocycles. The Kier molecular flexibility index (Phi) is 5.18. The lowest BCUT2D eigenvalue weighted by Crippen LogP contribution is -2.53. The van der Waals surface area contributed by atoms with Crippen molar-refractivity contribution < 1.29 is 19.0 Å². The van der Waals surface area contributed by atoms with Crippen molar-refractivity contribution in [2.24, 2.45) is 0 Å². The molecule has 0 aromatic rings. The number of ether oxygens (including phenoxy) is 1. The van der Waals surface area contributed by atoms with Crippen LogP contribution in [0.4, 0.5) is 9.18 Å². The Morgan fingerprint density at radius 2 is 1.84 bits per heavy atom. The maximum atomic E-state index is 14.6. The molecular weight excluding hydrogens is 249 g/mol. The van der Waals surface area contributed by atoms with E-state index in [4.69, 9.17) is 4.74 Å². The highest BCUT2D eigenvalue weighted by Gasteiger charge is 2.42. The van der Waals surface area contributed by atoms with Gasteiger partial charge in [-0.25, -0.2) is 9.18 Å². The fourth-order valence-corrected chi connectivity index (χ4v) is 2.46. The number of rotatable bonds is 3. The van der Waals surface area contributed by atoms with Gasteiger partial charge in [0.05, 0.1) is 6.04 Å². The number of alkyl halides is 1. The molecule has 1 aliphatic carbocycles. The average molecular weight is 275 g/mol. The lowest BCUT2D eigenvalue weighted by molar-refractivity contribution is -0.0513. The van der Waals surface area contributed by atoms with Crippen molar-refractivity contribution in [3.8, 4) is 0 Å². The number of halogens is 1. The predicted octanol–water partition coefficient (Wildman–Crippen LogP) is 2.93. The molecule has 2 unspecified atom stereocenters. The van der Waals surface area contributed by atoms with E-state index in [9.17, 15) is 14.3 Å². The number of aliphatic hydroxyl groups excluding tert-OH is 1. The minimum absolute atomic E-state index is 0.356. The standard InChI is InChI=1S/C14H26FNO3/c1-10(16-12(18)19-13(2,3)4)11(17)14(15)8-6-5-7-9-14/h10-11,17H,5-9H2,1-4H3,(H,16,18). The topological polar surface area (TPSA) is 58.6 Å². The quantitative estimate of drug-likeness (QED) is 0.832. The summed E-state index contributed by atoms with van der Waals surface area (Å²) in [5.74, 6) is 0. The molecule has 1 rings (SSSR count). The van der Waals surface area contributed by atoms with Gasteiger partial charge in [-0.15, -0.1) is 0 Å². The van der Waals surface area contributed by atoms with Crippen LogP contribution in [0.5, 0.6) is 0 Å². The Morgan fingerprint density at radius 3 is 2.32 bits per heavy atom. The first-order valence-electron chi connectivity index (χ1n) is 7.00.